The number of nitrogens with zero attached hydrogens (tertiary/aromatic N) is 8. The van der Waals surface area contributed by atoms with E-state index in [2.05, 4.69) is 25.3 Å². The van der Waals surface area contributed by atoms with E-state index < -0.39 is 11.7 Å². The van der Waals surface area contributed by atoms with Gasteiger partial charge in [-0.2, -0.15) is 23.5 Å². The molecule has 0 saturated carbocycles. The summed E-state index contributed by atoms with van der Waals surface area (Å²) in [5.74, 6) is 1.33. The van der Waals surface area contributed by atoms with Gasteiger partial charge < -0.3 is 4.57 Å². The fraction of sp³-hybridized carbons (Fsp3) is 0.200. The van der Waals surface area contributed by atoms with Crippen LogP contribution < -0.4 is 0 Å². The lowest BCUT2D eigenvalue weighted by Gasteiger charge is -2.11. The molecule has 0 aromatic carbocycles. The quantitative estimate of drug-likeness (QED) is 0.417. The van der Waals surface area contributed by atoms with E-state index in [1.54, 1.807) is 28.7 Å². The molecule has 8 nitrogen and oxygen atoms in total. The molecule has 0 aliphatic carbocycles. The van der Waals surface area contributed by atoms with Crippen LogP contribution in [0, 0.1) is 11.3 Å². The lowest BCUT2D eigenvalue weighted by molar-refractivity contribution is -0.137. The number of thioether (sulfide) groups is 1. The summed E-state index contributed by atoms with van der Waals surface area (Å²) < 4.78 is 42.4. The number of aromatic nitrogens is 7. The van der Waals surface area contributed by atoms with E-state index in [0.717, 1.165) is 29.0 Å². The average Bonchev–Trinajstić information content (AvgIpc) is 3.40. The van der Waals surface area contributed by atoms with Crippen LogP contribution in [0.4, 0.5) is 13.2 Å². The molecule has 0 N–H and O–H groups in total. The molecule has 0 fully saturated rings. The second kappa shape index (κ2) is 8.43. The highest BCUT2D eigenvalue weighted by Gasteiger charge is 2.31. The third kappa shape index (κ3) is 4.06. The molecule has 0 bridgehead atoms. The van der Waals surface area contributed by atoms with Gasteiger partial charge in [0.25, 0.3) is 0 Å². The van der Waals surface area contributed by atoms with Gasteiger partial charge in [0.15, 0.2) is 11.6 Å². The predicted molar refractivity (Wildman–Crippen MR) is 111 cm³/mol. The van der Waals surface area contributed by atoms with Gasteiger partial charge in [0.1, 0.15) is 17.5 Å². The van der Waals surface area contributed by atoms with E-state index in [-0.39, 0.29) is 11.5 Å². The Morgan fingerprint density at radius 1 is 1.12 bits per heavy atom. The van der Waals surface area contributed by atoms with Crippen LogP contribution in [0.2, 0.25) is 0 Å². The minimum Gasteiger partial charge on any atom is -0.307 e. The van der Waals surface area contributed by atoms with Crippen LogP contribution in [0.3, 0.4) is 0 Å². The van der Waals surface area contributed by atoms with Gasteiger partial charge in [-0.3, -0.25) is 4.98 Å². The van der Waals surface area contributed by atoms with E-state index in [9.17, 15) is 13.2 Å². The molecule has 4 heterocycles. The lowest BCUT2D eigenvalue weighted by Crippen LogP contribution is -2.06. The molecule has 0 saturated heterocycles. The molecule has 0 radical (unpaired) electrons. The van der Waals surface area contributed by atoms with Crippen LogP contribution in [-0.2, 0) is 13.2 Å². The van der Waals surface area contributed by atoms with Gasteiger partial charge in [0, 0.05) is 24.3 Å². The van der Waals surface area contributed by atoms with Crippen molar-refractivity contribution in [3.05, 3.63) is 54.1 Å². The summed E-state index contributed by atoms with van der Waals surface area (Å²) in [5, 5.41) is 21.4. The first-order valence-electron chi connectivity index (χ1n) is 9.33. The molecule has 0 unspecified atom stereocenters. The van der Waals surface area contributed by atoms with Crippen LogP contribution in [0.15, 0.2) is 47.9 Å². The van der Waals surface area contributed by atoms with Crippen molar-refractivity contribution in [1.82, 2.24) is 34.5 Å². The molecule has 4 aromatic rings. The summed E-state index contributed by atoms with van der Waals surface area (Å²) in [7, 11) is 1.65. The lowest BCUT2D eigenvalue weighted by atomic mass is 10.2. The highest BCUT2D eigenvalue weighted by molar-refractivity contribution is 7.99. The van der Waals surface area contributed by atoms with Gasteiger partial charge in [-0.05, 0) is 24.0 Å². The molecule has 0 amide bonds. The largest absolute Gasteiger partial charge is 0.416 e. The Hall–Kier alpha value is -3.72. The van der Waals surface area contributed by atoms with Crippen molar-refractivity contribution < 1.29 is 13.2 Å². The zero-order chi connectivity index (χ0) is 22.9. The van der Waals surface area contributed by atoms with Gasteiger partial charge in [-0.25, -0.2) is 9.67 Å². The third-order valence-electron chi connectivity index (χ3n) is 4.52. The highest BCUT2D eigenvalue weighted by atomic mass is 32.2. The second-order valence-corrected chi connectivity index (χ2v) is 7.90. The molecule has 12 heteroatoms. The standard InChI is InChI=1S/C20H15F3N8S/c1-3-32-16-7-14(31-11-12(8-24)9-27-31)10-26-17(16)19-29-28-18(30(19)2)15-6-13(4-5-25-15)20(21,22)23/h4-7,9-11H,3H2,1-2H3. The number of hydrogen-bond acceptors (Lipinski definition) is 7. The van der Waals surface area contributed by atoms with Crippen LogP contribution in [0.5, 0.6) is 0 Å². The Bertz CT molecular complexity index is 1320. The molecule has 4 aromatic heterocycles. The molecule has 0 spiro atoms. The molecular formula is C20H15F3N8S. The summed E-state index contributed by atoms with van der Waals surface area (Å²) in [6.07, 6.45) is 1.24. The molecule has 0 atom stereocenters. The van der Waals surface area contributed by atoms with Crippen molar-refractivity contribution in [1.29, 1.82) is 5.26 Å². The minimum absolute atomic E-state index is 0.0583. The number of pyridine rings is 2. The SMILES string of the molecule is CCSc1cc(-n2cc(C#N)cn2)cnc1-c1nnc(-c2cc(C(F)(F)F)ccn2)n1C. The first-order chi connectivity index (χ1) is 15.3. The van der Waals surface area contributed by atoms with Crippen molar-refractivity contribution in [2.24, 2.45) is 7.05 Å². The Morgan fingerprint density at radius 3 is 2.59 bits per heavy atom. The molecule has 4 rings (SSSR count). The molecule has 0 aliphatic rings. The average molecular weight is 456 g/mol. The molecule has 162 valence electrons. The van der Waals surface area contributed by atoms with E-state index in [0.29, 0.717) is 22.8 Å². The van der Waals surface area contributed by atoms with Gasteiger partial charge >= 0.3 is 6.18 Å². The fourth-order valence-corrected chi connectivity index (χ4v) is 3.80. The van der Waals surface area contributed by atoms with Crippen LogP contribution >= 0.6 is 11.8 Å². The topological polar surface area (TPSA) is 98.1 Å². The summed E-state index contributed by atoms with van der Waals surface area (Å²) in [4.78, 5) is 9.33. The maximum atomic E-state index is 13.1. The van der Waals surface area contributed by atoms with Crippen molar-refractivity contribution in [3.8, 4) is 34.8 Å². The predicted octanol–water partition coefficient (Wildman–Crippen LogP) is 4.13. The Labute approximate surface area is 184 Å². The summed E-state index contributed by atoms with van der Waals surface area (Å²) in [6.45, 7) is 1.98. The van der Waals surface area contributed by atoms with Gasteiger partial charge in [0.2, 0.25) is 0 Å². The first kappa shape index (κ1) is 21.5. The number of halogens is 3. The normalized spacial score (nSPS) is 11.5. The first-order valence-corrected chi connectivity index (χ1v) is 10.3. The van der Waals surface area contributed by atoms with Crippen molar-refractivity contribution in [2.75, 3.05) is 5.75 Å². The Balaban J connectivity index is 1.76. The van der Waals surface area contributed by atoms with Gasteiger partial charge in [-0.1, -0.05) is 6.92 Å². The highest BCUT2D eigenvalue weighted by Crippen LogP contribution is 2.33. The number of alkyl halides is 3. The van der Waals surface area contributed by atoms with Crippen molar-refractivity contribution in [2.45, 2.75) is 18.0 Å². The van der Waals surface area contributed by atoms with E-state index in [4.69, 9.17) is 5.26 Å². The maximum absolute atomic E-state index is 13.1. The maximum Gasteiger partial charge on any atom is 0.416 e. The summed E-state index contributed by atoms with van der Waals surface area (Å²) in [5.41, 5.74) is 0.857. The van der Waals surface area contributed by atoms with Crippen LogP contribution in [-0.4, -0.2) is 40.3 Å². The van der Waals surface area contributed by atoms with E-state index >= 15 is 0 Å². The van der Waals surface area contributed by atoms with Crippen molar-refractivity contribution >= 4 is 11.8 Å². The summed E-state index contributed by atoms with van der Waals surface area (Å²) in [6, 6.07) is 5.74. The molecule has 32 heavy (non-hydrogen) atoms. The van der Waals surface area contributed by atoms with E-state index in [1.807, 2.05) is 19.1 Å². The zero-order valence-corrected chi connectivity index (χ0v) is 17.7. The number of nitriles is 1. The third-order valence-corrected chi connectivity index (χ3v) is 5.43. The second-order valence-electron chi connectivity index (χ2n) is 6.59. The Kier molecular flexibility index (Phi) is 5.67. The van der Waals surface area contributed by atoms with Crippen molar-refractivity contribution in [3.63, 3.8) is 0 Å². The van der Waals surface area contributed by atoms with E-state index in [1.165, 1.54) is 18.0 Å². The Morgan fingerprint density at radius 2 is 1.91 bits per heavy atom. The zero-order valence-electron chi connectivity index (χ0n) is 16.9. The van der Waals surface area contributed by atoms with Crippen LogP contribution in [0.25, 0.3) is 28.7 Å². The monoisotopic (exact) mass is 456 g/mol. The minimum atomic E-state index is -4.49. The summed E-state index contributed by atoms with van der Waals surface area (Å²) >= 11 is 1.52. The number of rotatable bonds is 5. The van der Waals surface area contributed by atoms with Crippen LogP contribution in [0.1, 0.15) is 18.1 Å². The smallest absolute Gasteiger partial charge is 0.307 e. The van der Waals surface area contributed by atoms with Gasteiger partial charge in [-0.15, -0.1) is 22.0 Å². The fourth-order valence-electron chi connectivity index (χ4n) is 3.00. The molecular weight excluding hydrogens is 441 g/mol. The molecule has 0 aliphatic heterocycles. The number of hydrogen-bond donors (Lipinski definition) is 0. The van der Waals surface area contributed by atoms with Gasteiger partial charge in [0.05, 0.1) is 29.2 Å².